The molecule has 0 aliphatic rings. The standard InChI is InChI=1S/C12H13N2OS/c1-9-10(2)16-8-14(9)7-12(15)11-5-3-4-6-13-11/h3-6,8H,7H2,1-2H3/q+1. The summed E-state index contributed by atoms with van der Waals surface area (Å²) in [5, 5.41) is 0. The monoisotopic (exact) mass is 233 g/mol. The Labute approximate surface area is 98.4 Å². The zero-order valence-corrected chi connectivity index (χ0v) is 10.1. The molecule has 0 spiro atoms. The number of Topliss-reactive ketones (excluding diaryl/α,β-unsaturated/α-hetero) is 1. The van der Waals surface area contributed by atoms with Gasteiger partial charge in [0.05, 0.1) is 4.88 Å². The van der Waals surface area contributed by atoms with Crippen molar-refractivity contribution in [2.24, 2.45) is 0 Å². The Kier molecular flexibility index (Phi) is 3.10. The number of nitrogens with zero attached hydrogens (tertiary/aromatic N) is 2. The van der Waals surface area contributed by atoms with Crippen LogP contribution >= 0.6 is 11.3 Å². The van der Waals surface area contributed by atoms with E-state index in [2.05, 4.69) is 11.9 Å². The molecule has 3 nitrogen and oxygen atoms in total. The van der Waals surface area contributed by atoms with E-state index >= 15 is 0 Å². The third kappa shape index (κ3) is 2.17. The Balaban J connectivity index is 2.17. The van der Waals surface area contributed by atoms with Crippen LogP contribution in [0.4, 0.5) is 0 Å². The van der Waals surface area contributed by atoms with Gasteiger partial charge in [0.1, 0.15) is 5.69 Å². The fourth-order valence-electron chi connectivity index (χ4n) is 1.43. The number of thiazole rings is 1. The number of pyridine rings is 1. The second kappa shape index (κ2) is 4.53. The lowest BCUT2D eigenvalue weighted by Crippen LogP contribution is -2.38. The van der Waals surface area contributed by atoms with Gasteiger partial charge in [0.2, 0.25) is 17.8 Å². The van der Waals surface area contributed by atoms with Gasteiger partial charge in [-0.2, -0.15) is 4.57 Å². The van der Waals surface area contributed by atoms with Crippen molar-refractivity contribution in [3.63, 3.8) is 0 Å². The molecule has 16 heavy (non-hydrogen) atoms. The minimum absolute atomic E-state index is 0.0477. The lowest BCUT2D eigenvalue weighted by Gasteiger charge is -1.96. The van der Waals surface area contributed by atoms with Crippen molar-refractivity contribution < 1.29 is 9.36 Å². The van der Waals surface area contributed by atoms with E-state index in [9.17, 15) is 4.79 Å². The van der Waals surface area contributed by atoms with Gasteiger partial charge >= 0.3 is 0 Å². The summed E-state index contributed by atoms with van der Waals surface area (Å²) in [6, 6.07) is 5.39. The molecule has 0 unspecified atom stereocenters. The molecule has 0 aliphatic heterocycles. The summed E-state index contributed by atoms with van der Waals surface area (Å²) in [5.41, 5.74) is 3.65. The molecule has 0 aromatic carbocycles. The van der Waals surface area contributed by atoms with E-state index in [1.807, 2.05) is 29.1 Å². The third-order valence-electron chi connectivity index (χ3n) is 2.56. The van der Waals surface area contributed by atoms with Crippen LogP contribution in [0.5, 0.6) is 0 Å². The zero-order valence-electron chi connectivity index (χ0n) is 9.30. The largest absolute Gasteiger partial charge is 0.285 e. The summed E-state index contributed by atoms with van der Waals surface area (Å²) in [6.45, 7) is 4.45. The van der Waals surface area contributed by atoms with E-state index in [4.69, 9.17) is 0 Å². The van der Waals surface area contributed by atoms with Crippen molar-refractivity contribution in [1.29, 1.82) is 0 Å². The third-order valence-corrected chi connectivity index (χ3v) is 3.57. The number of aryl methyl sites for hydroxylation is 1. The molecule has 0 amide bonds. The first-order valence-corrected chi connectivity index (χ1v) is 5.95. The molecule has 0 atom stereocenters. The van der Waals surface area contributed by atoms with Crippen molar-refractivity contribution in [2.45, 2.75) is 20.4 Å². The number of carbonyl (C=O) groups is 1. The number of hydrogen-bond acceptors (Lipinski definition) is 3. The Hall–Kier alpha value is -1.55. The van der Waals surface area contributed by atoms with Gasteiger partial charge in [0, 0.05) is 13.1 Å². The molecule has 4 heteroatoms. The van der Waals surface area contributed by atoms with Crippen LogP contribution in [-0.2, 0) is 6.54 Å². The van der Waals surface area contributed by atoms with Crippen LogP contribution in [0.3, 0.4) is 0 Å². The summed E-state index contributed by atoms with van der Waals surface area (Å²) < 4.78 is 1.97. The molecule has 0 saturated carbocycles. The van der Waals surface area contributed by atoms with Crippen LogP contribution in [0.15, 0.2) is 29.9 Å². The SMILES string of the molecule is Cc1sc[n+](CC(=O)c2ccccn2)c1C. The van der Waals surface area contributed by atoms with Crippen LogP contribution in [0.2, 0.25) is 0 Å². The second-order valence-electron chi connectivity index (χ2n) is 3.63. The van der Waals surface area contributed by atoms with Gasteiger partial charge in [0.15, 0.2) is 5.69 Å². The van der Waals surface area contributed by atoms with E-state index in [1.54, 1.807) is 23.6 Å². The summed E-state index contributed by atoms with van der Waals surface area (Å²) in [4.78, 5) is 17.2. The van der Waals surface area contributed by atoms with E-state index in [-0.39, 0.29) is 5.78 Å². The summed E-state index contributed by atoms with van der Waals surface area (Å²) >= 11 is 1.66. The maximum atomic E-state index is 11.9. The van der Waals surface area contributed by atoms with E-state index < -0.39 is 0 Å². The number of ketones is 1. The van der Waals surface area contributed by atoms with Gasteiger partial charge in [-0.3, -0.25) is 9.78 Å². The van der Waals surface area contributed by atoms with Crippen LogP contribution < -0.4 is 4.57 Å². The lowest BCUT2D eigenvalue weighted by atomic mass is 10.2. The second-order valence-corrected chi connectivity index (χ2v) is 4.69. The van der Waals surface area contributed by atoms with Gasteiger partial charge in [0.25, 0.3) is 0 Å². The first kappa shape index (κ1) is 11.0. The molecule has 0 N–H and O–H groups in total. The van der Waals surface area contributed by atoms with Crippen LogP contribution in [-0.4, -0.2) is 10.8 Å². The fourth-order valence-corrected chi connectivity index (χ4v) is 2.23. The molecule has 0 saturated heterocycles. The van der Waals surface area contributed by atoms with Crippen molar-refractivity contribution in [3.05, 3.63) is 46.2 Å². The minimum Gasteiger partial charge on any atom is -0.285 e. The molecule has 0 aliphatic carbocycles. The van der Waals surface area contributed by atoms with Crippen LogP contribution in [0.1, 0.15) is 21.1 Å². The summed E-state index contributed by atoms with van der Waals surface area (Å²) in [7, 11) is 0. The van der Waals surface area contributed by atoms with Gasteiger partial charge in [-0.25, -0.2) is 0 Å². The quantitative estimate of drug-likeness (QED) is 0.599. The molecular formula is C12H13N2OS+. The average molecular weight is 233 g/mol. The highest BCUT2D eigenvalue weighted by molar-refractivity contribution is 7.09. The first-order chi connectivity index (χ1) is 7.68. The van der Waals surface area contributed by atoms with Crippen LogP contribution in [0.25, 0.3) is 0 Å². The number of carbonyl (C=O) groups excluding carboxylic acids is 1. The van der Waals surface area contributed by atoms with Crippen molar-refractivity contribution in [3.8, 4) is 0 Å². The molecule has 2 heterocycles. The number of aromatic nitrogens is 2. The smallest absolute Gasteiger partial charge is 0.245 e. The molecule has 0 radical (unpaired) electrons. The Morgan fingerprint density at radius 1 is 1.44 bits per heavy atom. The Bertz CT molecular complexity index is 505. The maximum Gasteiger partial charge on any atom is 0.245 e. The molecule has 0 bridgehead atoms. The molecule has 2 aromatic heterocycles. The zero-order chi connectivity index (χ0) is 11.5. The molecular weight excluding hydrogens is 220 g/mol. The van der Waals surface area contributed by atoms with E-state index in [0.29, 0.717) is 12.2 Å². The van der Waals surface area contributed by atoms with Crippen LogP contribution in [0, 0.1) is 13.8 Å². The fraction of sp³-hybridized carbons (Fsp3) is 0.250. The minimum atomic E-state index is 0.0477. The topological polar surface area (TPSA) is 33.8 Å². The predicted octanol–water partition coefficient (Wildman–Crippen LogP) is 1.93. The van der Waals surface area contributed by atoms with Crippen molar-refractivity contribution >= 4 is 17.1 Å². The molecule has 2 rings (SSSR count). The van der Waals surface area contributed by atoms with Crippen molar-refractivity contribution in [2.75, 3.05) is 0 Å². The Morgan fingerprint density at radius 3 is 2.81 bits per heavy atom. The highest BCUT2D eigenvalue weighted by atomic mass is 32.1. The van der Waals surface area contributed by atoms with E-state index in [1.165, 1.54) is 4.88 Å². The summed E-state index contributed by atoms with van der Waals surface area (Å²) in [6.07, 6.45) is 1.64. The number of rotatable bonds is 3. The lowest BCUT2D eigenvalue weighted by molar-refractivity contribution is -0.684. The predicted molar refractivity (Wildman–Crippen MR) is 62.6 cm³/mol. The molecule has 2 aromatic rings. The Morgan fingerprint density at radius 2 is 2.25 bits per heavy atom. The van der Waals surface area contributed by atoms with Gasteiger partial charge in [-0.15, -0.1) is 0 Å². The highest BCUT2D eigenvalue weighted by Crippen LogP contribution is 2.08. The van der Waals surface area contributed by atoms with Gasteiger partial charge < -0.3 is 0 Å². The number of hydrogen-bond donors (Lipinski definition) is 0. The molecule has 82 valence electrons. The van der Waals surface area contributed by atoms with Crippen molar-refractivity contribution in [1.82, 2.24) is 4.98 Å². The average Bonchev–Trinajstić information content (AvgIpc) is 2.62. The first-order valence-electron chi connectivity index (χ1n) is 5.07. The summed E-state index contributed by atoms with van der Waals surface area (Å²) in [5.74, 6) is 0.0477. The normalized spacial score (nSPS) is 10.4. The highest BCUT2D eigenvalue weighted by Gasteiger charge is 2.17. The van der Waals surface area contributed by atoms with E-state index in [0.717, 1.165) is 5.69 Å². The molecule has 0 fully saturated rings. The maximum absolute atomic E-state index is 11.9. The van der Waals surface area contributed by atoms with Gasteiger partial charge in [-0.1, -0.05) is 17.4 Å². The van der Waals surface area contributed by atoms with Gasteiger partial charge in [-0.05, 0) is 19.1 Å².